The van der Waals surface area contributed by atoms with E-state index < -0.39 is 0 Å². The van der Waals surface area contributed by atoms with E-state index in [1.807, 2.05) is 0 Å². The van der Waals surface area contributed by atoms with Crippen LogP contribution in [0.4, 0.5) is 5.69 Å². The van der Waals surface area contributed by atoms with Gasteiger partial charge in [-0.3, -0.25) is 4.99 Å². The smallest absolute Gasteiger partial charge is 0.131 e. The zero-order valence-electron chi connectivity index (χ0n) is 10.4. The minimum Gasteiger partial charge on any atom is -0.507 e. The summed E-state index contributed by atoms with van der Waals surface area (Å²) in [5.41, 5.74) is 1.51. The van der Waals surface area contributed by atoms with Crippen molar-refractivity contribution in [3.8, 4) is 17.6 Å². The minimum absolute atomic E-state index is 0.0811. The molecule has 4 nitrogen and oxygen atoms in total. The molecule has 0 aliphatic rings. The van der Waals surface area contributed by atoms with Gasteiger partial charge in [0.2, 0.25) is 0 Å². The number of hydrogen-bond donors (Lipinski definition) is 1. The number of aromatic hydroxyl groups is 1. The van der Waals surface area contributed by atoms with Crippen LogP contribution in [0.1, 0.15) is 11.1 Å². The molecule has 0 heterocycles. The third kappa shape index (κ3) is 2.72. The fourth-order valence-electron chi connectivity index (χ4n) is 1.66. The number of aliphatic imine (C=N–C) groups is 1. The van der Waals surface area contributed by atoms with Crippen molar-refractivity contribution in [2.45, 2.75) is 0 Å². The Morgan fingerprint density at radius 1 is 1.21 bits per heavy atom. The highest BCUT2D eigenvalue weighted by atomic mass is 16.5. The Bertz CT molecular complexity index is 657. The number of phenolic OH excluding ortho intramolecular Hbond substituents is 1. The Balaban J connectivity index is 2.41. The first-order valence-corrected chi connectivity index (χ1v) is 5.65. The molecule has 0 radical (unpaired) electrons. The summed E-state index contributed by atoms with van der Waals surface area (Å²) in [5.74, 6) is 0.607. The van der Waals surface area contributed by atoms with Crippen molar-refractivity contribution in [2.75, 3.05) is 7.11 Å². The summed E-state index contributed by atoms with van der Waals surface area (Å²) in [5, 5.41) is 18.8. The Morgan fingerprint density at radius 3 is 2.74 bits per heavy atom. The maximum Gasteiger partial charge on any atom is 0.131 e. The second-order valence-electron chi connectivity index (χ2n) is 3.78. The lowest BCUT2D eigenvalue weighted by Crippen LogP contribution is -1.91. The maximum atomic E-state index is 9.79. The highest BCUT2D eigenvalue weighted by Gasteiger charge is 2.06. The van der Waals surface area contributed by atoms with Crippen LogP contribution < -0.4 is 4.74 Å². The van der Waals surface area contributed by atoms with E-state index in [0.29, 0.717) is 22.6 Å². The largest absolute Gasteiger partial charge is 0.507 e. The predicted molar refractivity (Wildman–Crippen MR) is 73.1 cm³/mol. The first kappa shape index (κ1) is 12.7. The van der Waals surface area contributed by atoms with Crippen LogP contribution >= 0.6 is 0 Å². The van der Waals surface area contributed by atoms with Gasteiger partial charge in [0.1, 0.15) is 17.6 Å². The van der Waals surface area contributed by atoms with Gasteiger partial charge in [0.05, 0.1) is 23.9 Å². The summed E-state index contributed by atoms with van der Waals surface area (Å²) < 4.78 is 5.15. The van der Waals surface area contributed by atoms with Crippen molar-refractivity contribution >= 4 is 11.9 Å². The number of nitrogens with zero attached hydrogens (tertiary/aromatic N) is 2. The molecule has 0 aromatic heterocycles. The summed E-state index contributed by atoms with van der Waals surface area (Å²) >= 11 is 0. The predicted octanol–water partition coefficient (Wildman–Crippen LogP) is 3.02. The molecule has 4 heteroatoms. The number of hydrogen-bond acceptors (Lipinski definition) is 4. The Hall–Kier alpha value is -2.80. The monoisotopic (exact) mass is 252 g/mol. The van der Waals surface area contributed by atoms with Crippen LogP contribution in [0.3, 0.4) is 0 Å². The SMILES string of the molecule is COc1cccc(O)c1C=Nc1ccccc1C#N. The molecule has 2 aromatic rings. The Kier molecular flexibility index (Phi) is 3.79. The fourth-order valence-corrected chi connectivity index (χ4v) is 1.66. The molecule has 0 saturated carbocycles. The van der Waals surface area contributed by atoms with Gasteiger partial charge in [-0.05, 0) is 24.3 Å². The standard InChI is InChI=1S/C15H12N2O2/c1-19-15-8-4-7-14(18)12(15)10-17-13-6-3-2-5-11(13)9-16/h2-8,10,18H,1H3. The van der Waals surface area contributed by atoms with Crippen molar-refractivity contribution in [2.24, 2.45) is 4.99 Å². The van der Waals surface area contributed by atoms with Crippen LogP contribution in [0.25, 0.3) is 0 Å². The first-order chi connectivity index (χ1) is 9.26. The zero-order valence-corrected chi connectivity index (χ0v) is 10.4. The van der Waals surface area contributed by atoms with Crippen molar-refractivity contribution in [1.29, 1.82) is 5.26 Å². The third-order valence-corrected chi connectivity index (χ3v) is 2.62. The van der Waals surface area contributed by atoms with Gasteiger partial charge in [-0.25, -0.2) is 0 Å². The highest BCUT2D eigenvalue weighted by molar-refractivity contribution is 5.89. The van der Waals surface area contributed by atoms with E-state index in [4.69, 9.17) is 10.00 Å². The van der Waals surface area contributed by atoms with E-state index in [2.05, 4.69) is 11.1 Å². The zero-order chi connectivity index (χ0) is 13.7. The first-order valence-electron chi connectivity index (χ1n) is 5.65. The number of para-hydroxylation sites is 1. The minimum atomic E-state index is 0.0811. The summed E-state index contributed by atoms with van der Waals surface area (Å²) in [6, 6.07) is 14.0. The number of nitriles is 1. The van der Waals surface area contributed by atoms with Gasteiger partial charge >= 0.3 is 0 Å². The normalized spacial score (nSPS) is 10.3. The molecule has 0 saturated heterocycles. The lowest BCUT2D eigenvalue weighted by Gasteiger charge is -2.05. The summed E-state index contributed by atoms with van der Waals surface area (Å²) in [6.07, 6.45) is 1.49. The highest BCUT2D eigenvalue weighted by Crippen LogP contribution is 2.26. The molecule has 0 amide bonds. The average molecular weight is 252 g/mol. The van der Waals surface area contributed by atoms with Crippen molar-refractivity contribution in [1.82, 2.24) is 0 Å². The molecule has 1 N–H and O–H groups in total. The molecule has 0 fully saturated rings. The molecular weight excluding hydrogens is 240 g/mol. The summed E-state index contributed by atoms with van der Waals surface area (Å²) in [7, 11) is 1.52. The molecule has 0 aliphatic carbocycles. The summed E-state index contributed by atoms with van der Waals surface area (Å²) in [4.78, 5) is 4.23. The average Bonchev–Trinajstić information content (AvgIpc) is 2.46. The topological polar surface area (TPSA) is 65.6 Å². The number of phenols is 1. The summed E-state index contributed by atoms with van der Waals surface area (Å²) in [6.45, 7) is 0. The van der Waals surface area contributed by atoms with E-state index in [-0.39, 0.29) is 5.75 Å². The van der Waals surface area contributed by atoms with Crippen LogP contribution in [0.15, 0.2) is 47.5 Å². The van der Waals surface area contributed by atoms with Crippen molar-refractivity contribution in [3.63, 3.8) is 0 Å². The van der Waals surface area contributed by atoms with E-state index in [1.54, 1.807) is 42.5 Å². The second kappa shape index (κ2) is 5.69. The lowest BCUT2D eigenvalue weighted by atomic mass is 10.2. The van der Waals surface area contributed by atoms with Gasteiger partial charge in [-0.15, -0.1) is 0 Å². The quantitative estimate of drug-likeness (QED) is 0.854. The van der Waals surface area contributed by atoms with Crippen molar-refractivity contribution in [3.05, 3.63) is 53.6 Å². The number of methoxy groups -OCH3 is 1. The molecule has 0 atom stereocenters. The molecule has 2 rings (SSSR count). The number of rotatable bonds is 3. The lowest BCUT2D eigenvalue weighted by molar-refractivity contribution is 0.406. The van der Waals surface area contributed by atoms with Crippen molar-refractivity contribution < 1.29 is 9.84 Å². The molecule has 2 aromatic carbocycles. The molecule has 0 unspecified atom stereocenters. The van der Waals surface area contributed by atoms with Crippen LogP contribution in [-0.4, -0.2) is 18.4 Å². The van der Waals surface area contributed by atoms with E-state index in [0.717, 1.165) is 0 Å². The molecular formula is C15H12N2O2. The molecule has 19 heavy (non-hydrogen) atoms. The fraction of sp³-hybridized carbons (Fsp3) is 0.0667. The van der Waals surface area contributed by atoms with Gasteiger partial charge in [-0.2, -0.15) is 5.26 Å². The van der Waals surface area contributed by atoms with E-state index in [9.17, 15) is 5.11 Å². The van der Waals surface area contributed by atoms with Gasteiger partial charge in [0, 0.05) is 6.21 Å². The van der Waals surface area contributed by atoms with Crippen LogP contribution in [-0.2, 0) is 0 Å². The third-order valence-electron chi connectivity index (χ3n) is 2.62. The maximum absolute atomic E-state index is 9.79. The van der Waals surface area contributed by atoms with Crippen LogP contribution in [0.5, 0.6) is 11.5 Å². The Labute approximate surface area is 111 Å². The van der Waals surface area contributed by atoms with Crippen LogP contribution in [0, 0.1) is 11.3 Å². The van der Waals surface area contributed by atoms with E-state index in [1.165, 1.54) is 13.3 Å². The molecule has 94 valence electrons. The molecule has 0 spiro atoms. The van der Waals surface area contributed by atoms with Gasteiger partial charge in [0.25, 0.3) is 0 Å². The molecule has 0 aliphatic heterocycles. The van der Waals surface area contributed by atoms with Gasteiger partial charge < -0.3 is 9.84 Å². The number of ether oxygens (including phenoxy) is 1. The van der Waals surface area contributed by atoms with Gasteiger partial charge in [0.15, 0.2) is 0 Å². The molecule has 0 bridgehead atoms. The Morgan fingerprint density at radius 2 is 2.00 bits per heavy atom. The number of benzene rings is 2. The second-order valence-corrected chi connectivity index (χ2v) is 3.78. The van der Waals surface area contributed by atoms with Gasteiger partial charge in [-0.1, -0.05) is 18.2 Å². The van der Waals surface area contributed by atoms with E-state index >= 15 is 0 Å². The van der Waals surface area contributed by atoms with Crippen LogP contribution in [0.2, 0.25) is 0 Å².